The Balaban J connectivity index is 6.97. The first kappa shape index (κ1) is 33.7. The molecule has 0 amide bonds. The van der Waals surface area contributed by atoms with Crippen LogP contribution in [0.15, 0.2) is 0 Å². The second-order valence-electron chi connectivity index (χ2n) is 7.71. The minimum absolute atomic E-state index is 0.229. The smallest absolute Gasteiger partial charge is 0.356 e. The Morgan fingerprint density at radius 2 is 0.571 bits per heavy atom. The SMILES string of the molecule is CCC(C)(OC(C)(CC)C(F)(F)C(F)(F)C(F)(F)C(F)(F)F)C(F)(F)C(F)(F)C(F)(F)C(F)(F)F. The lowest BCUT2D eigenvalue weighted by Crippen LogP contribution is -2.73. The zero-order chi connectivity index (χ0) is 29.1. The van der Waals surface area contributed by atoms with Gasteiger partial charge in [0.05, 0.1) is 0 Å². The highest BCUT2D eigenvalue weighted by molar-refractivity contribution is 5.13. The molecular weight excluding hydrogens is 550 g/mol. The van der Waals surface area contributed by atoms with Gasteiger partial charge in [-0.3, -0.25) is 0 Å². The third-order valence-corrected chi connectivity index (χ3v) is 5.42. The summed E-state index contributed by atoms with van der Waals surface area (Å²) < 4.78 is 244. The predicted molar refractivity (Wildman–Crippen MR) is 80.3 cm³/mol. The summed E-state index contributed by atoms with van der Waals surface area (Å²) in [7, 11) is 0. The van der Waals surface area contributed by atoms with Gasteiger partial charge in [0.2, 0.25) is 0 Å². The molecule has 0 aromatic heterocycles. The van der Waals surface area contributed by atoms with Gasteiger partial charge in [-0.25, -0.2) is 0 Å². The van der Waals surface area contributed by atoms with E-state index in [1.54, 1.807) is 0 Å². The molecule has 0 aliphatic heterocycles. The summed E-state index contributed by atoms with van der Waals surface area (Å²) in [5.41, 5.74) is -9.38. The third kappa shape index (κ3) is 4.51. The molecule has 0 saturated carbocycles. The minimum atomic E-state index is -7.58. The van der Waals surface area contributed by atoms with Crippen LogP contribution in [0.3, 0.4) is 0 Å². The molecule has 0 saturated heterocycles. The van der Waals surface area contributed by atoms with Crippen molar-refractivity contribution in [2.75, 3.05) is 0 Å². The van der Waals surface area contributed by atoms with Crippen molar-refractivity contribution >= 4 is 0 Å². The molecule has 0 heterocycles. The molecule has 0 aromatic carbocycles. The van der Waals surface area contributed by atoms with Gasteiger partial charge in [0.1, 0.15) is 11.2 Å². The van der Waals surface area contributed by atoms with Crippen LogP contribution in [-0.4, -0.2) is 59.1 Å². The van der Waals surface area contributed by atoms with Crippen LogP contribution in [-0.2, 0) is 4.74 Å². The fraction of sp³-hybridized carbons (Fsp3) is 1.00. The molecule has 0 rings (SSSR count). The largest absolute Gasteiger partial charge is 0.460 e. The monoisotopic (exact) mass is 566 g/mol. The van der Waals surface area contributed by atoms with Crippen LogP contribution < -0.4 is 0 Å². The zero-order valence-electron chi connectivity index (χ0n) is 17.6. The topological polar surface area (TPSA) is 9.23 Å². The molecule has 0 radical (unpaired) electrons. The second kappa shape index (κ2) is 8.63. The molecule has 1 nitrogen and oxygen atoms in total. The van der Waals surface area contributed by atoms with Crippen LogP contribution in [0.2, 0.25) is 0 Å². The average molecular weight is 566 g/mol. The van der Waals surface area contributed by atoms with E-state index in [1.807, 2.05) is 0 Å². The highest BCUT2D eigenvalue weighted by Crippen LogP contribution is 2.61. The maximum absolute atomic E-state index is 14.4. The Hall–Kier alpha value is -1.30. The summed E-state index contributed by atoms with van der Waals surface area (Å²) >= 11 is 0. The van der Waals surface area contributed by atoms with Crippen LogP contribution in [0.5, 0.6) is 0 Å². The number of alkyl halides is 18. The Bertz CT molecular complexity index is 689. The summed E-state index contributed by atoms with van der Waals surface area (Å²) in [6.07, 6.45) is -18.6. The van der Waals surface area contributed by atoms with Crippen LogP contribution in [0, 0.1) is 0 Å². The van der Waals surface area contributed by atoms with Gasteiger partial charge in [-0.05, 0) is 26.7 Å². The Kier molecular flexibility index (Phi) is 8.31. The normalized spacial score (nSPS) is 19.4. The van der Waals surface area contributed by atoms with Crippen molar-refractivity contribution in [3.8, 4) is 0 Å². The van der Waals surface area contributed by atoms with Crippen molar-refractivity contribution in [3.05, 3.63) is 0 Å². The quantitative estimate of drug-likeness (QED) is 0.242. The summed E-state index contributed by atoms with van der Waals surface area (Å²) in [5.74, 6) is -43.9. The standard InChI is InChI=1S/C16H16F18O/c1-5-7(3,9(17,18)11(21,22)13(25,26)15(29,30)31)35-8(4,6-2)10(19,20)12(23,24)14(27,28)16(32,33)34/h5-6H2,1-4H3. The van der Waals surface area contributed by atoms with Gasteiger partial charge in [-0.1, -0.05) is 13.8 Å². The summed E-state index contributed by atoms with van der Waals surface area (Å²) in [6, 6.07) is 0. The van der Waals surface area contributed by atoms with E-state index in [0.29, 0.717) is 0 Å². The molecule has 2 unspecified atom stereocenters. The Labute approximate surface area is 184 Å². The van der Waals surface area contributed by atoms with E-state index in [1.165, 1.54) is 0 Å². The van der Waals surface area contributed by atoms with Gasteiger partial charge in [-0.2, -0.15) is 79.0 Å². The predicted octanol–water partition coefficient (Wildman–Crippen LogP) is 8.28. The summed E-state index contributed by atoms with van der Waals surface area (Å²) in [5, 5.41) is 0. The first-order valence-electron chi connectivity index (χ1n) is 8.93. The Morgan fingerprint density at radius 1 is 0.371 bits per heavy atom. The summed E-state index contributed by atoms with van der Waals surface area (Å²) in [4.78, 5) is 0. The first-order chi connectivity index (χ1) is 14.8. The lowest BCUT2D eigenvalue weighted by molar-refractivity contribution is -0.446. The van der Waals surface area contributed by atoms with E-state index < -0.39 is 85.8 Å². The highest BCUT2D eigenvalue weighted by atomic mass is 19.4. The maximum Gasteiger partial charge on any atom is 0.460 e. The van der Waals surface area contributed by atoms with Crippen molar-refractivity contribution in [2.45, 2.75) is 99.6 Å². The van der Waals surface area contributed by atoms with Crippen molar-refractivity contribution in [2.24, 2.45) is 0 Å². The zero-order valence-corrected chi connectivity index (χ0v) is 17.6. The van der Waals surface area contributed by atoms with Crippen LogP contribution in [0.4, 0.5) is 79.0 Å². The van der Waals surface area contributed by atoms with Crippen LogP contribution in [0.25, 0.3) is 0 Å². The molecule has 0 aliphatic rings. The second-order valence-corrected chi connectivity index (χ2v) is 7.71. The molecule has 212 valence electrons. The number of rotatable bonds is 10. The van der Waals surface area contributed by atoms with Gasteiger partial charge in [0.15, 0.2) is 0 Å². The fourth-order valence-electron chi connectivity index (χ4n) is 2.63. The number of ether oxygens (including phenoxy) is 1. The maximum atomic E-state index is 14.4. The summed E-state index contributed by atoms with van der Waals surface area (Å²) in [6.45, 7) is -0.576. The highest BCUT2D eigenvalue weighted by Gasteiger charge is 2.88. The van der Waals surface area contributed by atoms with Crippen molar-refractivity contribution in [1.29, 1.82) is 0 Å². The lowest BCUT2D eigenvalue weighted by Gasteiger charge is -2.50. The van der Waals surface area contributed by atoms with Crippen molar-refractivity contribution in [3.63, 3.8) is 0 Å². The van der Waals surface area contributed by atoms with Gasteiger partial charge >= 0.3 is 47.9 Å². The van der Waals surface area contributed by atoms with Crippen LogP contribution in [0.1, 0.15) is 40.5 Å². The van der Waals surface area contributed by atoms with E-state index in [0.717, 1.165) is 0 Å². The first-order valence-corrected chi connectivity index (χ1v) is 8.93. The number of hydrogen-bond donors (Lipinski definition) is 0. The van der Waals surface area contributed by atoms with E-state index >= 15 is 0 Å². The minimum Gasteiger partial charge on any atom is -0.356 e. The third-order valence-electron chi connectivity index (χ3n) is 5.42. The molecule has 19 heteroatoms. The molecule has 2 atom stereocenters. The van der Waals surface area contributed by atoms with Gasteiger partial charge in [0, 0.05) is 0 Å². The van der Waals surface area contributed by atoms with E-state index in [-0.39, 0.29) is 13.8 Å². The van der Waals surface area contributed by atoms with E-state index in [4.69, 9.17) is 0 Å². The number of hydrogen-bond acceptors (Lipinski definition) is 1. The Morgan fingerprint density at radius 3 is 0.714 bits per heavy atom. The molecule has 0 spiro atoms. The van der Waals surface area contributed by atoms with Crippen molar-refractivity contribution in [1.82, 2.24) is 0 Å². The molecule has 0 bridgehead atoms. The molecule has 0 fully saturated rings. The van der Waals surface area contributed by atoms with Gasteiger partial charge in [0.25, 0.3) is 0 Å². The molecule has 0 N–H and O–H groups in total. The van der Waals surface area contributed by atoms with E-state index in [2.05, 4.69) is 4.74 Å². The van der Waals surface area contributed by atoms with Gasteiger partial charge in [-0.15, -0.1) is 0 Å². The van der Waals surface area contributed by atoms with Gasteiger partial charge < -0.3 is 4.74 Å². The molecular formula is C16H16F18O. The van der Waals surface area contributed by atoms with Crippen LogP contribution >= 0.6 is 0 Å². The fourth-order valence-corrected chi connectivity index (χ4v) is 2.63. The molecule has 35 heavy (non-hydrogen) atoms. The number of halogens is 18. The molecule has 0 aromatic rings. The van der Waals surface area contributed by atoms with Crippen molar-refractivity contribution < 1.29 is 83.8 Å². The average Bonchev–Trinajstić information content (AvgIpc) is 2.64. The lowest BCUT2D eigenvalue weighted by atomic mass is 9.82. The van der Waals surface area contributed by atoms with E-state index in [9.17, 15) is 79.0 Å². The molecule has 0 aliphatic carbocycles.